The molecule has 3 N–H and O–H groups in total. The number of hydrogen-bond donors (Lipinski definition) is 3. The molecule has 1 unspecified atom stereocenters. The molecule has 3 nitrogen and oxygen atoms in total. The summed E-state index contributed by atoms with van der Waals surface area (Å²) in [6.07, 6.45) is 0.648. The van der Waals surface area contributed by atoms with Gasteiger partial charge in [0, 0.05) is 0 Å². The van der Waals surface area contributed by atoms with Gasteiger partial charge in [0.1, 0.15) is 0 Å². The summed E-state index contributed by atoms with van der Waals surface area (Å²) in [6, 6.07) is 9.86. The molecule has 1 aromatic rings. The van der Waals surface area contributed by atoms with Crippen molar-refractivity contribution in [3.8, 4) is 0 Å². The molecule has 3 heteroatoms. The Bertz CT molecular complexity index is 332. The number of benzene rings is 1. The minimum Gasteiger partial charge on any atom is -0.394 e. The van der Waals surface area contributed by atoms with E-state index in [-0.39, 0.29) is 6.61 Å². The Kier molecular flexibility index (Phi) is 4.69. The first-order chi connectivity index (χ1) is 7.87. The number of aliphatic hydroxyl groups is 2. The second-order valence-electron chi connectivity index (χ2n) is 5.35. The van der Waals surface area contributed by atoms with Gasteiger partial charge in [-0.3, -0.25) is 0 Å². The maximum atomic E-state index is 9.66. The summed E-state index contributed by atoms with van der Waals surface area (Å²) >= 11 is 0. The van der Waals surface area contributed by atoms with Crippen molar-refractivity contribution in [2.75, 3.05) is 13.2 Å². The van der Waals surface area contributed by atoms with Crippen LogP contribution in [0, 0.1) is 0 Å². The fraction of sp³-hybridized carbons (Fsp3) is 0.571. The molecule has 0 saturated carbocycles. The number of nitrogens with one attached hydrogen (secondary N) is 1. The third kappa shape index (κ3) is 4.46. The third-order valence-corrected chi connectivity index (χ3v) is 2.98. The lowest BCUT2D eigenvalue weighted by Gasteiger charge is -2.31. The molecular formula is C14H23NO2. The number of aliphatic hydroxyl groups excluding tert-OH is 1. The van der Waals surface area contributed by atoms with E-state index >= 15 is 0 Å². The van der Waals surface area contributed by atoms with Crippen molar-refractivity contribution in [1.29, 1.82) is 0 Å². The minimum atomic E-state index is -0.681. The summed E-state index contributed by atoms with van der Waals surface area (Å²) in [7, 11) is 0. The van der Waals surface area contributed by atoms with Crippen molar-refractivity contribution < 1.29 is 10.2 Å². The van der Waals surface area contributed by atoms with Crippen LogP contribution in [0.3, 0.4) is 0 Å². The van der Waals surface area contributed by atoms with Crippen molar-refractivity contribution >= 4 is 0 Å². The quantitative estimate of drug-likeness (QED) is 0.705. The first-order valence-corrected chi connectivity index (χ1v) is 6.01. The molecule has 0 amide bonds. The lowest BCUT2D eigenvalue weighted by Crippen LogP contribution is -2.44. The van der Waals surface area contributed by atoms with Crippen molar-refractivity contribution in [2.45, 2.75) is 38.3 Å². The zero-order chi connectivity index (χ0) is 12.9. The van der Waals surface area contributed by atoms with E-state index < -0.39 is 11.1 Å². The van der Waals surface area contributed by atoms with Crippen LogP contribution in [-0.2, 0) is 5.54 Å². The molecule has 0 aliphatic heterocycles. The normalized spacial score (nSPS) is 15.6. The van der Waals surface area contributed by atoms with E-state index in [2.05, 4.69) is 5.32 Å². The monoisotopic (exact) mass is 237 g/mol. The molecule has 1 atom stereocenters. The van der Waals surface area contributed by atoms with Crippen LogP contribution >= 0.6 is 0 Å². The summed E-state index contributed by atoms with van der Waals surface area (Å²) in [5, 5.41) is 22.5. The zero-order valence-corrected chi connectivity index (χ0v) is 10.9. The van der Waals surface area contributed by atoms with Crippen LogP contribution in [0.2, 0.25) is 0 Å². The molecule has 0 aliphatic rings. The maximum Gasteiger partial charge on any atom is 0.0652 e. The zero-order valence-electron chi connectivity index (χ0n) is 10.9. The van der Waals surface area contributed by atoms with Gasteiger partial charge in [-0.05, 0) is 39.3 Å². The van der Waals surface area contributed by atoms with E-state index in [0.29, 0.717) is 13.0 Å². The molecular weight excluding hydrogens is 214 g/mol. The van der Waals surface area contributed by atoms with Gasteiger partial charge in [0.2, 0.25) is 0 Å². The SMILES string of the molecule is CC(C)(O)CCNC(C)(CO)c1ccccc1. The Hall–Kier alpha value is -0.900. The van der Waals surface area contributed by atoms with Crippen LogP contribution in [-0.4, -0.2) is 29.0 Å². The maximum absolute atomic E-state index is 9.66. The van der Waals surface area contributed by atoms with E-state index in [4.69, 9.17) is 0 Å². The van der Waals surface area contributed by atoms with E-state index in [1.807, 2.05) is 37.3 Å². The first kappa shape index (κ1) is 14.2. The van der Waals surface area contributed by atoms with Gasteiger partial charge in [0.15, 0.2) is 0 Å². The van der Waals surface area contributed by atoms with Crippen LogP contribution in [0.25, 0.3) is 0 Å². The molecule has 0 fully saturated rings. The Morgan fingerprint density at radius 3 is 2.18 bits per heavy atom. The summed E-state index contributed by atoms with van der Waals surface area (Å²) in [6.45, 7) is 6.23. The molecule has 0 bridgehead atoms. The summed E-state index contributed by atoms with van der Waals surface area (Å²) in [5.41, 5.74) is -0.0784. The predicted octanol–water partition coefficient (Wildman–Crippen LogP) is 1.64. The van der Waals surface area contributed by atoms with Gasteiger partial charge in [0.25, 0.3) is 0 Å². The fourth-order valence-corrected chi connectivity index (χ4v) is 1.70. The van der Waals surface area contributed by atoms with E-state index in [1.54, 1.807) is 13.8 Å². The van der Waals surface area contributed by atoms with E-state index in [0.717, 1.165) is 5.56 Å². The van der Waals surface area contributed by atoms with Crippen molar-refractivity contribution in [3.63, 3.8) is 0 Å². The van der Waals surface area contributed by atoms with Gasteiger partial charge in [-0.15, -0.1) is 0 Å². The van der Waals surface area contributed by atoms with Crippen LogP contribution < -0.4 is 5.32 Å². The minimum absolute atomic E-state index is 0.0306. The van der Waals surface area contributed by atoms with Crippen molar-refractivity contribution in [2.24, 2.45) is 0 Å². The van der Waals surface area contributed by atoms with Gasteiger partial charge in [-0.2, -0.15) is 0 Å². The topological polar surface area (TPSA) is 52.5 Å². The molecule has 0 saturated heterocycles. The highest BCUT2D eigenvalue weighted by molar-refractivity contribution is 5.23. The highest BCUT2D eigenvalue weighted by atomic mass is 16.3. The Morgan fingerprint density at radius 1 is 1.12 bits per heavy atom. The summed E-state index contributed by atoms with van der Waals surface area (Å²) in [5.74, 6) is 0. The number of hydrogen-bond acceptors (Lipinski definition) is 3. The molecule has 17 heavy (non-hydrogen) atoms. The van der Waals surface area contributed by atoms with Gasteiger partial charge in [-0.1, -0.05) is 30.3 Å². The molecule has 1 rings (SSSR count). The Labute approximate surface area is 103 Å². The predicted molar refractivity (Wildman–Crippen MR) is 69.8 cm³/mol. The molecule has 0 aliphatic carbocycles. The van der Waals surface area contributed by atoms with Gasteiger partial charge in [-0.25, -0.2) is 0 Å². The average molecular weight is 237 g/mol. The van der Waals surface area contributed by atoms with Crippen LogP contribution in [0.4, 0.5) is 0 Å². The standard InChI is InChI=1S/C14H23NO2/c1-13(2,17)9-10-15-14(3,11-16)12-7-5-4-6-8-12/h4-8,15-17H,9-11H2,1-3H3. The lowest BCUT2D eigenvalue weighted by atomic mass is 9.92. The highest BCUT2D eigenvalue weighted by Gasteiger charge is 2.25. The molecule has 0 aromatic heterocycles. The second kappa shape index (κ2) is 5.63. The molecule has 0 heterocycles. The average Bonchev–Trinajstić information content (AvgIpc) is 2.28. The molecule has 0 spiro atoms. The first-order valence-electron chi connectivity index (χ1n) is 6.01. The largest absolute Gasteiger partial charge is 0.394 e. The van der Waals surface area contributed by atoms with E-state index in [1.165, 1.54) is 0 Å². The molecule has 96 valence electrons. The van der Waals surface area contributed by atoms with Gasteiger partial charge < -0.3 is 15.5 Å². The fourth-order valence-electron chi connectivity index (χ4n) is 1.70. The van der Waals surface area contributed by atoms with Crippen molar-refractivity contribution in [1.82, 2.24) is 5.32 Å². The molecule has 1 aromatic carbocycles. The van der Waals surface area contributed by atoms with Gasteiger partial charge in [0.05, 0.1) is 17.7 Å². The van der Waals surface area contributed by atoms with Gasteiger partial charge >= 0.3 is 0 Å². The van der Waals surface area contributed by atoms with Crippen LogP contribution in [0.1, 0.15) is 32.8 Å². The summed E-state index contributed by atoms with van der Waals surface area (Å²) < 4.78 is 0. The Morgan fingerprint density at radius 2 is 1.71 bits per heavy atom. The second-order valence-corrected chi connectivity index (χ2v) is 5.35. The smallest absolute Gasteiger partial charge is 0.0652 e. The van der Waals surface area contributed by atoms with Crippen molar-refractivity contribution in [3.05, 3.63) is 35.9 Å². The third-order valence-electron chi connectivity index (χ3n) is 2.98. The van der Waals surface area contributed by atoms with Crippen LogP contribution in [0.5, 0.6) is 0 Å². The molecule has 0 radical (unpaired) electrons. The highest BCUT2D eigenvalue weighted by Crippen LogP contribution is 2.20. The summed E-state index contributed by atoms with van der Waals surface area (Å²) in [4.78, 5) is 0. The lowest BCUT2D eigenvalue weighted by molar-refractivity contribution is 0.0657. The Balaban J connectivity index is 2.64. The van der Waals surface area contributed by atoms with Crippen LogP contribution in [0.15, 0.2) is 30.3 Å². The van der Waals surface area contributed by atoms with E-state index in [9.17, 15) is 10.2 Å². The number of rotatable bonds is 6.